The van der Waals surface area contributed by atoms with Crippen molar-refractivity contribution < 1.29 is 9.72 Å². The average molecular weight is 363 g/mol. The predicted molar refractivity (Wildman–Crippen MR) is 101 cm³/mol. The van der Waals surface area contributed by atoms with Crippen molar-refractivity contribution in [1.82, 2.24) is 4.90 Å². The van der Waals surface area contributed by atoms with Crippen molar-refractivity contribution in [3.8, 4) is 0 Å². The number of hydrogen-bond donors (Lipinski definition) is 1. The van der Waals surface area contributed by atoms with Crippen LogP contribution < -0.4 is 5.32 Å². The Bertz CT molecular complexity index is 942. The molecule has 0 saturated carbocycles. The molecule has 3 aliphatic heterocycles. The van der Waals surface area contributed by atoms with Crippen LogP contribution in [0.15, 0.2) is 48.5 Å². The number of para-hydroxylation sites is 1. The SMILES string of the molecule is Cc1ccc([C@@H]2[C@@H]3CCCN3[C@@]3(C(=O)Nc4ccccc43)[C@@H]2[N+](=O)[O-])cc1. The normalized spacial score (nSPS) is 31.7. The van der Waals surface area contributed by atoms with Crippen LogP contribution in [0.5, 0.6) is 0 Å². The van der Waals surface area contributed by atoms with Gasteiger partial charge in [0.2, 0.25) is 0 Å². The number of carbonyl (C=O) groups excluding carboxylic acids is 1. The largest absolute Gasteiger partial charge is 0.324 e. The summed E-state index contributed by atoms with van der Waals surface area (Å²) in [6.07, 6.45) is 1.83. The smallest absolute Gasteiger partial charge is 0.256 e. The molecule has 0 radical (unpaired) electrons. The molecular formula is C21H21N3O3. The number of nitrogens with one attached hydrogen (secondary N) is 1. The van der Waals surface area contributed by atoms with E-state index in [2.05, 4.69) is 10.2 Å². The summed E-state index contributed by atoms with van der Waals surface area (Å²) in [5.41, 5.74) is 2.30. The second kappa shape index (κ2) is 5.63. The lowest BCUT2D eigenvalue weighted by molar-refractivity contribution is -0.534. The Kier molecular flexibility index (Phi) is 3.43. The van der Waals surface area contributed by atoms with E-state index in [4.69, 9.17) is 0 Å². The van der Waals surface area contributed by atoms with Crippen molar-refractivity contribution in [1.29, 1.82) is 0 Å². The van der Waals surface area contributed by atoms with Crippen LogP contribution in [0.4, 0.5) is 5.69 Å². The van der Waals surface area contributed by atoms with Gasteiger partial charge in [-0.2, -0.15) is 0 Å². The highest BCUT2D eigenvalue weighted by Crippen LogP contribution is 2.57. The molecule has 6 nitrogen and oxygen atoms in total. The van der Waals surface area contributed by atoms with E-state index in [0.717, 1.165) is 29.5 Å². The lowest BCUT2D eigenvalue weighted by Gasteiger charge is -2.32. The quantitative estimate of drug-likeness (QED) is 0.657. The van der Waals surface area contributed by atoms with E-state index in [1.165, 1.54) is 0 Å². The Morgan fingerprint density at radius 1 is 1.19 bits per heavy atom. The van der Waals surface area contributed by atoms with Crippen molar-refractivity contribution >= 4 is 11.6 Å². The van der Waals surface area contributed by atoms with Gasteiger partial charge in [0, 0.05) is 28.8 Å². The molecule has 2 fully saturated rings. The molecule has 1 spiro atoms. The molecule has 138 valence electrons. The van der Waals surface area contributed by atoms with Crippen molar-refractivity contribution in [3.05, 3.63) is 75.3 Å². The molecule has 1 N–H and O–H groups in total. The van der Waals surface area contributed by atoms with E-state index in [9.17, 15) is 14.9 Å². The minimum Gasteiger partial charge on any atom is -0.324 e. The third-order valence-electron chi connectivity index (χ3n) is 6.56. The maximum atomic E-state index is 13.3. The first kappa shape index (κ1) is 16.4. The Morgan fingerprint density at radius 2 is 1.93 bits per heavy atom. The third kappa shape index (κ3) is 2.02. The molecular weight excluding hydrogens is 342 g/mol. The molecule has 27 heavy (non-hydrogen) atoms. The van der Waals surface area contributed by atoms with Crippen molar-refractivity contribution in [2.45, 2.75) is 43.3 Å². The van der Waals surface area contributed by atoms with Crippen LogP contribution in [0.1, 0.15) is 35.4 Å². The van der Waals surface area contributed by atoms with E-state index >= 15 is 0 Å². The van der Waals surface area contributed by atoms with Crippen molar-refractivity contribution in [2.75, 3.05) is 11.9 Å². The fourth-order valence-electron chi connectivity index (χ4n) is 5.56. The van der Waals surface area contributed by atoms with Gasteiger partial charge in [-0.3, -0.25) is 19.8 Å². The summed E-state index contributed by atoms with van der Waals surface area (Å²) in [5, 5.41) is 15.3. The first-order valence-corrected chi connectivity index (χ1v) is 9.43. The zero-order valence-electron chi connectivity index (χ0n) is 15.1. The van der Waals surface area contributed by atoms with Gasteiger partial charge in [0.15, 0.2) is 5.54 Å². The summed E-state index contributed by atoms with van der Waals surface area (Å²) in [6, 6.07) is 14.4. The molecule has 3 heterocycles. The van der Waals surface area contributed by atoms with Crippen LogP contribution >= 0.6 is 0 Å². The highest BCUT2D eigenvalue weighted by molar-refractivity contribution is 6.07. The van der Waals surface area contributed by atoms with Crippen LogP contribution in [0.25, 0.3) is 0 Å². The van der Waals surface area contributed by atoms with Gasteiger partial charge in [0.05, 0.1) is 5.92 Å². The summed E-state index contributed by atoms with van der Waals surface area (Å²) < 4.78 is 0. The number of fused-ring (bicyclic) bond motifs is 4. The number of nitrogens with zero attached hydrogens (tertiary/aromatic N) is 2. The summed E-state index contributed by atoms with van der Waals surface area (Å²) >= 11 is 0. The second-order valence-corrected chi connectivity index (χ2v) is 7.84. The number of rotatable bonds is 2. The Balaban J connectivity index is 1.76. The lowest BCUT2D eigenvalue weighted by atomic mass is 9.77. The molecule has 0 aliphatic carbocycles. The monoisotopic (exact) mass is 363 g/mol. The van der Waals surface area contributed by atoms with E-state index < -0.39 is 11.6 Å². The minimum atomic E-state index is -1.23. The molecule has 2 saturated heterocycles. The number of benzene rings is 2. The Labute approximate surface area is 157 Å². The van der Waals surface area contributed by atoms with Crippen LogP contribution in [0, 0.1) is 17.0 Å². The average Bonchev–Trinajstić information content (AvgIpc) is 3.30. The van der Waals surface area contributed by atoms with Crippen LogP contribution in [0.2, 0.25) is 0 Å². The highest BCUT2D eigenvalue weighted by atomic mass is 16.6. The number of amides is 1. The summed E-state index contributed by atoms with van der Waals surface area (Å²) in [4.78, 5) is 27.6. The second-order valence-electron chi connectivity index (χ2n) is 7.84. The van der Waals surface area contributed by atoms with Crippen LogP contribution in [-0.4, -0.2) is 34.4 Å². The van der Waals surface area contributed by atoms with Gasteiger partial charge in [-0.05, 0) is 31.4 Å². The fraction of sp³-hybridized carbons (Fsp3) is 0.381. The minimum absolute atomic E-state index is 0.0000113. The van der Waals surface area contributed by atoms with Gasteiger partial charge in [-0.15, -0.1) is 0 Å². The van der Waals surface area contributed by atoms with E-state index in [-0.39, 0.29) is 22.8 Å². The van der Waals surface area contributed by atoms with E-state index in [0.29, 0.717) is 12.2 Å². The van der Waals surface area contributed by atoms with Gasteiger partial charge in [0.25, 0.3) is 11.9 Å². The van der Waals surface area contributed by atoms with Gasteiger partial charge in [-0.25, -0.2) is 0 Å². The number of aryl methyl sites for hydroxylation is 1. The van der Waals surface area contributed by atoms with E-state index in [1.54, 1.807) is 0 Å². The molecule has 4 atom stereocenters. The molecule has 2 aromatic carbocycles. The maximum absolute atomic E-state index is 13.3. The summed E-state index contributed by atoms with van der Waals surface area (Å²) in [6.45, 7) is 2.71. The predicted octanol–water partition coefficient (Wildman–Crippen LogP) is 3.05. The van der Waals surface area contributed by atoms with Crippen molar-refractivity contribution in [3.63, 3.8) is 0 Å². The molecule has 0 unspecified atom stereocenters. The van der Waals surface area contributed by atoms with E-state index in [1.807, 2.05) is 55.5 Å². The van der Waals surface area contributed by atoms with Crippen LogP contribution in [-0.2, 0) is 10.3 Å². The zero-order valence-corrected chi connectivity index (χ0v) is 15.1. The molecule has 0 bridgehead atoms. The molecule has 0 aromatic heterocycles. The van der Waals surface area contributed by atoms with Gasteiger partial charge in [0.1, 0.15) is 0 Å². The lowest BCUT2D eigenvalue weighted by Crippen LogP contribution is -2.55. The molecule has 3 aliphatic rings. The summed E-state index contributed by atoms with van der Waals surface area (Å²) in [7, 11) is 0. The maximum Gasteiger partial charge on any atom is 0.256 e. The van der Waals surface area contributed by atoms with Gasteiger partial charge in [-0.1, -0.05) is 48.0 Å². The fourth-order valence-corrected chi connectivity index (χ4v) is 5.56. The molecule has 1 amide bonds. The molecule has 2 aromatic rings. The number of carbonyl (C=O) groups is 1. The highest BCUT2D eigenvalue weighted by Gasteiger charge is 2.73. The molecule has 6 heteroatoms. The first-order valence-electron chi connectivity index (χ1n) is 9.43. The van der Waals surface area contributed by atoms with Crippen LogP contribution in [0.3, 0.4) is 0 Å². The van der Waals surface area contributed by atoms with Gasteiger partial charge >= 0.3 is 0 Å². The Hall–Kier alpha value is -2.73. The van der Waals surface area contributed by atoms with Crippen molar-refractivity contribution in [2.24, 2.45) is 0 Å². The first-order chi connectivity index (χ1) is 13.0. The standard InChI is InChI=1S/C21H21N3O3/c1-13-8-10-14(11-9-13)18-17-7-4-12-23(17)21(19(18)24(26)27)15-5-2-3-6-16(15)22-20(21)25/h2-3,5-6,8-11,17-19H,4,7,12H2,1H3,(H,22,25)/t17-,18+,19+,21+/m0/s1. The zero-order chi connectivity index (χ0) is 18.8. The number of anilines is 1. The topological polar surface area (TPSA) is 75.5 Å². The number of hydrogen-bond acceptors (Lipinski definition) is 4. The van der Waals surface area contributed by atoms with Gasteiger partial charge < -0.3 is 5.32 Å². The molecule has 5 rings (SSSR count). The Morgan fingerprint density at radius 3 is 2.67 bits per heavy atom. The number of nitro groups is 1. The summed E-state index contributed by atoms with van der Waals surface area (Å²) in [5.74, 6) is -0.563. The third-order valence-corrected chi connectivity index (χ3v) is 6.56.